The molecule has 3 aliphatic rings. The standard InChI is InChI=1S/C15H15INO6/c1-3-17-13(16-2)15(20)21-6-10(18)22-11-7-4-8-9(5-7)14(19)23-12(8)11/h7-9,11-12H,1-2,4-6H2/q+1. The zero-order valence-corrected chi connectivity index (χ0v) is 14.4. The molecule has 122 valence electrons. The molecule has 0 spiro atoms. The highest BCUT2D eigenvalue weighted by atomic mass is 127. The topological polar surface area (TPSA) is 93.0 Å². The fourth-order valence-electron chi connectivity index (χ4n) is 3.63. The molecule has 23 heavy (non-hydrogen) atoms. The fourth-order valence-corrected chi connectivity index (χ4v) is 4.44. The van der Waals surface area contributed by atoms with Crippen LogP contribution in [-0.4, -0.2) is 50.8 Å². The molecule has 3 fully saturated rings. The molecule has 1 heterocycles. The average molecular weight is 432 g/mol. The van der Waals surface area contributed by atoms with Crippen molar-refractivity contribution in [2.24, 2.45) is 17.8 Å². The van der Waals surface area contributed by atoms with Gasteiger partial charge in [0.1, 0.15) is 12.2 Å². The molecule has 0 amide bonds. The Balaban J connectivity index is 1.54. The third-order valence-electron chi connectivity index (χ3n) is 4.47. The minimum Gasteiger partial charge on any atom is -0.458 e. The Morgan fingerprint density at radius 3 is 2.91 bits per heavy atom. The highest BCUT2D eigenvalue weighted by Crippen LogP contribution is 2.55. The maximum absolute atomic E-state index is 11.9. The van der Waals surface area contributed by atoms with E-state index in [1.807, 2.05) is 0 Å². The molecule has 7 nitrogen and oxygen atoms in total. The summed E-state index contributed by atoms with van der Waals surface area (Å²) in [5.41, 5.74) is 0. The molecule has 0 N–H and O–H groups in total. The normalized spacial score (nSPS) is 32.7. The molecule has 0 aromatic rings. The van der Waals surface area contributed by atoms with Crippen molar-refractivity contribution in [2.75, 3.05) is 6.61 Å². The first kappa shape index (κ1) is 16.1. The largest absolute Gasteiger partial charge is 0.458 e. The Kier molecular flexibility index (Phi) is 4.48. The lowest BCUT2D eigenvalue weighted by Gasteiger charge is -2.24. The molecule has 0 aromatic heterocycles. The Hall–Kier alpha value is -1.76. The van der Waals surface area contributed by atoms with Crippen molar-refractivity contribution in [2.45, 2.75) is 25.0 Å². The molecule has 3 rings (SSSR count). The fraction of sp³-hybridized carbons (Fsp3) is 0.533. The van der Waals surface area contributed by atoms with E-state index < -0.39 is 45.4 Å². The highest BCUT2D eigenvalue weighted by Gasteiger charge is 2.63. The van der Waals surface area contributed by atoms with Crippen LogP contribution in [0.15, 0.2) is 6.58 Å². The van der Waals surface area contributed by atoms with Crippen LogP contribution >= 0.6 is 20.7 Å². The monoisotopic (exact) mass is 432 g/mol. The van der Waals surface area contributed by atoms with E-state index in [2.05, 4.69) is 21.6 Å². The van der Waals surface area contributed by atoms with E-state index in [1.54, 1.807) is 0 Å². The summed E-state index contributed by atoms with van der Waals surface area (Å²) >= 11 is -0.852. The molecule has 5 atom stereocenters. The van der Waals surface area contributed by atoms with Crippen LogP contribution in [0.2, 0.25) is 0 Å². The summed E-state index contributed by atoms with van der Waals surface area (Å²) in [4.78, 5) is 35.2. The van der Waals surface area contributed by atoms with Gasteiger partial charge in [-0.05, 0) is 17.5 Å². The molecule has 0 aromatic carbocycles. The van der Waals surface area contributed by atoms with E-state index in [4.69, 9.17) is 14.2 Å². The number of rotatable bonds is 5. The second kappa shape index (κ2) is 6.39. The summed E-state index contributed by atoms with van der Waals surface area (Å²) in [5, 5.41) is 0. The van der Waals surface area contributed by atoms with Crippen LogP contribution in [0.1, 0.15) is 12.8 Å². The van der Waals surface area contributed by atoms with Gasteiger partial charge in [-0.3, -0.25) is 4.79 Å². The molecule has 2 bridgehead atoms. The quantitative estimate of drug-likeness (QED) is 0.196. The van der Waals surface area contributed by atoms with Crippen molar-refractivity contribution in [1.29, 1.82) is 0 Å². The molecular weight excluding hydrogens is 417 g/mol. The maximum atomic E-state index is 11.9. The van der Waals surface area contributed by atoms with Gasteiger partial charge in [-0.15, -0.1) is 0 Å². The van der Waals surface area contributed by atoms with Crippen LogP contribution in [0.3, 0.4) is 0 Å². The van der Waals surface area contributed by atoms with Gasteiger partial charge in [0.25, 0.3) is 0 Å². The number of fused-ring (bicyclic) bond motifs is 1. The van der Waals surface area contributed by atoms with Gasteiger partial charge in [-0.1, -0.05) is 4.51 Å². The number of esters is 3. The first-order chi connectivity index (χ1) is 11.0. The van der Waals surface area contributed by atoms with Gasteiger partial charge in [-0.25, -0.2) is 9.59 Å². The molecular formula is C15H15INO6+. The van der Waals surface area contributed by atoms with E-state index in [-0.39, 0.29) is 33.5 Å². The molecule has 1 aliphatic heterocycles. The Labute approximate surface area is 142 Å². The molecule has 1 saturated heterocycles. The predicted octanol–water partition coefficient (Wildman–Crippen LogP) is -0.253. The summed E-state index contributed by atoms with van der Waals surface area (Å²) in [5.74, 6) is 0.975. The van der Waals surface area contributed by atoms with E-state index in [0.29, 0.717) is 6.42 Å². The van der Waals surface area contributed by atoms with Crippen LogP contribution < -0.4 is 4.67 Å². The summed E-state index contributed by atoms with van der Waals surface area (Å²) < 4.78 is 23.0. The van der Waals surface area contributed by atoms with Gasteiger partial charge in [-0.2, -0.15) is 0 Å². The molecule has 2 saturated carbocycles. The van der Waals surface area contributed by atoms with Crippen LogP contribution in [0.25, 0.3) is 0 Å². The van der Waals surface area contributed by atoms with E-state index in [0.717, 1.165) is 6.42 Å². The maximum Gasteiger partial charge on any atom is 0.451 e. The lowest BCUT2D eigenvalue weighted by molar-refractivity contribution is -0.168. The minimum absolute atomic E-state index is 0.0346. The molecule has 5 unspecified atom stereocenters. The first-order valence-corrected chi connectivity index (χ1v) is 9.70. The summed E-state index contributed by atoms with van der Waals surface area (Å²) in [7, 11) is 0. The third kappa shape index (κ3) is 2.89. The number of ether oxygens (including phenoxy) is 3. The van der Waals surface area contributed by atoms with Gasteiger partial charge in [0.15, 0.2) is 6.61 Å². The summed E-state index contributed by atoms with van der Waals surface area (Å²) in [6.45, 7) is 2.78. The summed E-state index contributed by atoms with van der Waals surface area (Å²) in [6, 6.07) is 0. The highest BCUT2D eigenvalue weighted by molar-refractivity contribution is 14.2. The zero-order valence-electron chi connectivity index (χ0n) is 12.2. The number of carbonyl (C=O) groups is 3. The van der Waals surface area contributed by atoms with Crippen molar-refractivity contribution >= 4 is 52.7 Å². The van der Waals surface area contributed by atoms with Crippen LogP contribution in [0.4, 0.5) is 0 Å². The Morgan fingerprint density at radius 2 is 2.22 bits per heavy atom. The van der Waals surface area contributed by atoms with Crippen molar-refractivity contribution in [1.82, 2.24) is 4.67 Å². The van der Waals surface area contributed by atoms with Crippen LogP contribution in [-0.2, 0) is 28.6 Å². The smallest absolute Gasteiger partial charge is 0.451 e. The predicted molar refractivity (Wildman–Crippen MR) is 89.3 cm³/mol. The van der Waals surface area contributed by atoms with Crippen LogP contribution in [0.5, 0.6) is 0 Å². The van der Waals surface area contributed by atoms with Gasteiger partial charge in [0.2, 0.25) is 0 Å². The number of carbonyl (C=O) groups excluding carboxylic acids is 3. The lowest BCUT2D eigenvalue weighted by Crippen LogP contribution is -2.37. The second-order valence-corrected chi connectivity index (χ2v) is 7.41. The number of hydrogen-bond acceptors (Lipinski definition) is 6. The Bertz CT molecular complexity index is 675. The van der Waals surface area contributed by atoms with Crippen molar-refractivity contribution in [3.8, 4) is 0 Å². The number of hydrogen-bond donors (Lipinski definition) is 0. The minimum atomic E-state index is -0.852. The van der Waals surface area contributed by atoms with Crippen molar-refractivity contribution < 1.29 is 28.6 Å². The molecule has 2 aliphatic carbocycles. The third-order valence-corrected chi connectivity index (χ3v) is 5.88. The van der Waals surface area contributed by atoms with Gasteiger partial charge >= 0.3 is 27.5 Å². The van der Waals surface area contributed by atoms with E-state index in [9.17, 15) is 14.4 Å². The first-order valence-electron chi connectivity index (χ1n) is 7.10. The zero-order chi connectivity index (χ0) is 16.6. The van der Waals surface area contributed by atoms with Crippen molar-refractivity contribution in [3.05, 3.63) is 6.58 Å². The molecule has 8 heteroatoms. The average Bonchev–Trinajstić information content (AvgIpc) is 3.15. The number of halogens is 1. The van der Waals surface area contributed by atoms with Gasteiger partial charge < -0.3 is 14.2 Å². The van der Waals surface area contributed by atoms with Gasteiger partial charge in [0.05, 0.1) is 5.92 Å². The summed E-state index contributed by atoms with van der Waals surface area (Å²) in [6.07, 6.45) is 0.778. The van der Waals surface area contributed by atoms with E-state index >= 15 is 0 Å². The number of nitrogens with zero attached hydrogens (tertiary/aromatic N) is 1. The van der Waals surface area contributed by atoms with Crippen LogP contribution in [0, 0.1) is 17.8 Å². The second-order valence-electron chi connectivity index (χ2n) is 5.63. The SMILES string of the molecule is C=C=[N+]=C(I=C)C(=O)OCC(=O)OC1C2CC3C(=O)OC1C3C2. The van der Waals surface area contributed by atoms with Crippen molar-refractivity contribution in [3.63, 3.8) is 0 Å². The Morgan fingerprint density at radius 1 is 1.43 bits per heavy atom. The van der Waals surface area contributed by atoms with Gasteiger partial charge in [0, 0.05) is 39.1 Å². The van der Waals surface area contributed by atoms with E-state index in [1.165, 1.54) is 0 Å². The molecule has 0 radical (unpaired) electrons. The lowest BCUT2D eigenvalue weighted by atomic mass is 9.88.